The number of nitrogens with one attached hydrogen (secondary N) is 1. The molecule has 4 atom stereocenters. The Hall–Kier alpha value is -2.84. The summed E-state index contributed by atoms with van der Waals surface area (Å²) in [7, 11) is 0. The van der Waals surface area contributed by atoms with Crippen molar-refractivity contribution in [3.05, 3.63) is 63.0 Å². The average Bonchev–Trinajstić information content (AvgIpc) is 3.29. The number of nitro benzene ring substituents is 1. The van der Waals surface area contributed by atoms with Crippen LogP contribution in [0.15, 0.2) is 41.7 Å². The van der Waals surface area contributed by atoms with Gasteiger partial charge in [0.25, 0.3) is 11.2 Å². The molecule has 0 aliphatic carbocycles. The van der Waals surface area contributed by atoms with Crippen molar-refractivity contribution >= 4 is 28.6 Å². The van der Waals surface area contributed by atoms with E-state index in [0.29, 0.717) is 5.56 Å². The van der Waals surface area contributed by atoms with Gasteiger partial charge in [-0.3, -0.25) is 19.5 Å². The molecule has 1 aliphatic heterocycles. The first-order valence-corrected chi connectivity index (χ1v) is 9.79. The van der Waals surface area contributed by atoms with Crippen molar-refractivity contribution < 1.29 is 25.0 Å². The van der Waals surface area contributed by atoms with Gasteiger partial charge in [0.2, 0.25) is 5.06 Å². The molecule has 1 fully saturated rings. The lowest BCUT2D eigenvalue weighted by molar-refractivity contribution is -0.384. The number of H-pyrrole nitrogens is 1. The number of aromatic nitrogens is 4. The number of thioether (sulfide) groups is 1. The van der Waals surface area contributed by atoms with Crippen LogP contribution in [-0.4, -0.2) is 64.7 Å². The third-order valence-electron chi connectivity index (χ3n) is 4.85. The van der Waals surface area contributed by atoms with E-state index in [0.717, 1.165) is 11.8 Å². The number of rotatable bonds is 6. The van der Waals surface area contributed by atoms with Crippen LogP contribution < -0.4 is 5.56 Å². The maximum absolute atomic E-state index is 12.0. The van der Waals surface area contributed by atoms with Gasteiger partial charge in [0.05, 0.1) is 17.9 Å². The van der Waals surface area contributed by atoms with E-state index < -0.39 is 40.5 Å². The van der Waals surface area contributed by atoms with Gasteiger partial charge in [0.15, 0.2) is 11.2 Å². The van der Waals surface area contributed by atoms with Gasteiger partial charge in [-0.15, -0.1) is 0 Å². The SMILES string of the molecule is O=c1[nH]cnc2c1ncn2[C@]1(SCc2ccc([N+](=O)[O-])cc2)O[C@H](CO)[C@@H](O)[C@H]1O. The van der Waals surface area contributed by atoms with Crippen LogP contribution in [-0.2, 0) is 15.5 Å². The van der Waals surface area contributed by atoms with E-state index in [9.17, 15) is 30.2 Å². The van der Waals surface area contributed by atoms with E-state index >= 15 is 0 Å². The van der Waals surface area contributed by atoms with E-state index in [-0.39, 0.29) is 22.6 Å². The van der Waals surface area contributed by atoms with E-state index in [4.69, 9.17) is 4.74 Å². The van der Waals surface area contributed by atoms with E-state index in [2.05, 4.69) is 15.0 Å². The van der Waals surface area contributed by atoms with Gasteiger partial charge in [-0.1, -0.05) is 23.9 Å². The first-order chi connectivity index (χ1) is 14.4. The van der Waals surface area contributed by atoms with E-state index in [1.54, 1.807) is 12.1 Å². The van der Waals surface area contributed by atoms with Crippen LogP contribution in [0.25, 0.3) is 11.2 Å². The Morgan fingerprint density at radius 1 is 1.30 bits per heavy atom. The number of hydrogen-bond donors (Lipinski definition) is 4. The van der Waals surface area contributed by atoms with Crippen LogP contribution in [0.5, 0.6) is 0 Å². The standard InChI is InChI=1S/C17H17N5O7S/c23-5-11-13(24)14(25)17(29-11,21-8-20-12-15(21)18-7-19-16(12)26)30-6-9-1-3-10(4-2-9)22(27)28/h1-4,7-8,11,13-14,23-25H,5-6H2,(H,18,19,26)/t11-,13-,14-,17+/m1/s1. The molecule has 0 amide bonds. The number of nitro groups is 1. The smallest absolute Gasteiger partial charge is 0.278 e. The molecule has 0 bridgehead atoms. The predicted molar refractivity (Wildman–Crippen MR) is 104 cm³/mol. The van der Waals surface area contributed by atoms with Crippen LogP contribution >= 0.6 is 11.8 Å². The molecular formula is C17H17N5O7S. The number of hydrogen-bond acceptors (Lipinski definition) is 10. The number of fused-ring (bicyclic) bond motifs is 1. The summed E-state index contributed by atoms with van der Waals surface area (Å²) in [6.45, 7) is -0.543. The molecular weight excluding hydrogens is 418 g/mol. The molecule has 1 saturated heterocycles. The topological polar surface area (TPSA) is 177 Å². The molecule has 0 unspecified atom stereocenters. The summed E-state index contributed by atoms with van der Waals surface area (Å²) in [5, 5.41) is 39.9. The molecule has 4 rings (SSSR count). The monoisotopic (exact) mass is 435 g/mol. The van der Waals surface area contributed by atoms with Gasteiger partial charge < -0.3 is 25.0 Å². The Kier molecular flexibility index (Phi) is 5.29. The van der Waals surface area contributed by atoms with Crippen LogP contribution in [0.2, 0.25) is 0 Å². The molecule has 30 heavy (non-hydrogen) atoms. The van der Waals surface area contributed by atoms with Crippen LogP contribution in [0.4, 0.5) is 5.69 Å². The minimum atomic E-state index is -1.65. The second-order valence-corrected chi connectivity index (χ2v) is 7.80. The molecule has 2 aromatic heterocycles. The minimum absolute atomic E-state index is 0.0190. The van der Waals surface area contributed by atoms with Crippen LogP contribution in [0.3, 0.4) is 0 Å². The Balaban J connectivity index is 1.74. The highest BCUT2D eigenvalue weighted by Gasteiger charge is 2.56. The van der Waals surface area contributed by atoms with Crippen molar-refractivity contribution in [3.8, 4) is 0 Å². The summed E-state index contributed by atoms with van der Waals surface area (Å²) >= 11 is 1.07. The Bertz CT molecular complexity index is 1130. The summed E-state index contributed by atoms with van der Waals surface area (Å²) in [6.07, 6.45) is -1.52. The fraction of sp³-hybridized carbons (Fsp3) is 0.353. The third kappa shape index (κ3) is 3.26. The normalized spacial score (nSPS) is 26.3. The molecule has 12 nitrogen and oxygen atoms in total. The molecule has 1 aromatic carbocycles. The number of non-ortho nitro benzene ring substituents is 1. The molecule has 13 heteroatoms. The van der Waals surface area contributed by atoms with Crippen molar-refractivity contribution in [3.63, 3.8) is 0 Å². The van der Waals surface area contributed by atoms with Crippen LogP contribution in [0.1, 0.15) is 5.56 Å². The van der Waals surface area contributed by atoms with Crippen molar-refractivity contribution in [2.45, 2.75) is 29.1 Å². The number of aromatic amines is 1. The van der Waals surface area contributed by atoms with Gasteiger partial charge in [-0.2, -0.15) is 0 Å². The van der Waals surface area contributed by atoms with Crippen molar-refractivity contribution in [1.29, 1.82) is 0 Å². The summed E-state index contributed by atoms with van der Waals surface area (Å²) in [6, 6.07) is 5.84. The molecule has 4 N–H and O–H groups in total. The summed E-state index contributed by atoms with van der Waals surface area (Å²) in [5.41, 5.74) is 0.291. The van der Waals surface area contributed by atoms with Gasteiger partial charge in [-0.05, 0) is 5.56 Å². The number of nitrogens with zero attached hydrogens (tertiary/aromatic N) is 4. The van der Waals surface area contributed by atoms with Crippen LogP contribution in [0, 0.1) is 10.1 Å². The molecule has 0 spiro atoms. The molecule has 0 radical (unpaired) electrons. The van der Waals surface area contributed by atoms with Crippen molar-refractivity contribution in [2.24, 2.45) is 0 Å². The number of aliphatic hydroxyl groups excluding tert-OH is 3. The lowest BCUT2D eigenvalue weighted by atomic mass is 10.1. The number of ether oxygens (including phenoxy) is 1. The first-order valence-electron chi connectivity index (χ1n) is 8.80. The Labute approximate surface area is 172 Å². The summed E-state index contributed by atoms with van der Waals surface area (Å²) in [4.78, 5) is 32.9. The third-order valence-corrected chi connectivity index (χ3v) is 6.27. The number of imidazole rings is 1. The largest absolute Gasteiger partial charge is 0.394 e. The Morgan fingerprint density at radius 3 is 2.67 bits per heavy atom. The second-order valence-electron chi connectivity index (χ2n) is 6.64. The lowest BCUT2D eigenvalue weighted by Crippen LogP contribution is -2.43. The van der Waals surface area contributed by atoms with E-state index in [1.165, 1.54) is 29.4 Å². The molecule has 0 saturated carbocycles. The molecule has 158 valence electrons. The predicted octanol–water partition coefficient (Wildman–Crippen LogP) is -0.316. The Morgan fingerprint density at radius 2 is 2.03 bits per heavy atom. The molecule has 3 aromatic rings. The minimum Gasteiger partial charge on any atom is -0.394 e. The zero-order valence-corrected chi connectivity index (χ0v) is 16.1. The highest BCUT2D eigenvalue weighted by Crippen LogP contribution is 2.46. The fourth-order valence-electron chi connectivity index (χ4n) is 3.28. The van der Waals surface area contributed by atoms with Crippen molar-refractivity contribution in [1.82, 2.24) is 19.5 Å². The van der Waals surface area contributed by atoms with Gasteiger partial charge in [-0.25, -0.2) is 9.97 Å². The fourth-order valence-corrected chi connectivity index (χ4v) is 4.62. The zero-order chi connectivity index (χ0) is 21.5. The maximum atomic E-state index is 12.0. The maximum Gasteiger partial charge on any atom is 0.278 e. The first kappa shape index (κ1) is 20.4. The quantitative estimate of drug-likeness (QED) is 0.296. The van der Waals surface area contributed by atoms with Gasteiger partial charge >= 0.3 is 0 Å². The molecule has 3 heterocycles. The molecule has 1 aliphatic rings. The van der Waals surface area contributed by atoms with Crippen molar-refractivity contribution in [2.75, 3.05) is 6.61 Å². The highest BCUT2D eigenvalue weighted by atomic mass is 32.2. The van der Waals surface area contributed by atoms with Gasteiger partial charge in [0, 0.05) is 17.9 Å². The summed E-state index contributed by atoms with van der Waals surface area (Å²) < 4.78 is 7.22. The second kappa shape index (κ2) is 7.77. The number of benzene rings is 1. The average molecular weight is 435 g/mol. The lowest BCUT2D eigenvalue weighted by Gasteiger charge is -2.33. The zero-order valence-electron chi connectivity index (χ0n) is 15.3. The summed E-state index contributed by atoms with van der Waals surface area (Å²) in [5.74, 6) is 0.225. The number of aliphatic hydroxyl groups is 3. The van der Waals surface area contributed by atoms with Gasteiger partial charge in [0.1, 0.15) is 24.6 Å². The van der Waals surface area contributed by atoms with E-state index in [1.807, 2.05) is 0 Å². The highest BCUT2D eigenvalue weighted by molar-refractivity contribution is 7.99.